The number of ketones is 1. The average molecular weight is 624 g/mol. The third-order valence-electron chi connectivity index (χ3n) is 12.0. The Hall–Kier alpha value is -2.90. The number of nitrogens with one attached hydrogen (secondary N) is 1. The molecule has 1 aromatic carbocycles. The molecule has 45 heavy (non-hydrogen) atoms. The minimum Gasteiger partial charge on any atom is -0.462 e. The number of esters is 2. The van der Waals surface area contributed by atoms with Crippen molar-refractivity contribution in [3.8, 4) is 0 Å². The quantitative estimate of drug-likeness (QED) is 0.242. The van der Waals surface area contributed by atoms with Crippen LogP contribution in [-0.4, -0.2) is 41.6 Å². The monoisotopic (exact) mass is 623 g/mol. The highest BCUT2D eigenvalue weighted by molar-refractivity contribution is 5.86. The third kappa shape index (κ3) is 7.25. The number of amides is 1. The molecule has 9 atom stereocenters. The largest absolute Gasteiger partial charge is 0.462 e. The van der Waals surface area contributed by atoms with E-state index in [-0.39, 0.29) is 35.9 Å². The van der Waals surface area contributed by atoms with Crippen LogP contribution in [0.15, 0.2) is 30.3 Å². The zero-order valence-corrected chi connectivity index (χ0v) is 28.1. The van der Waals surface area contributed by atoms with Crippen molar-refractivity contribution in [1.29, 1.82) is 0 Å². The SMILES string of the molecule is CC(=O)[C@H]1CC[C@H]2[C@@H]3CC[C@@H]4C[C@H](OC(=O)C[C@H](NC(=O)OC(C)(C)C)C(=O)OCc5ccccc5)CC[C@]4(C)[C@H]3CC[C@]12C. The van der Waals surface area contributed by atoms with Crippen molar-refractivity contribution in [2.45, 2.75) is 130 Å². The number of alkyl carbamates (subject to hydrolysis) is 1. The molecule has 0 spiro atoms. The van der Waals surface area contributed by atoms with Crippen LogP contribution >= 0.6 is 0 Å². The van der Waals surface area contributed by atoms with Crippen LogP contribution in [0.25, 0.3) is 0 Å². The number of hydrogen-bond acceptors (Lipinski definition) is 7. The summed E-state index contributed by atoms with van der Waals surface area (Å²) in [6.07, 6.45) is 8.15. The number of benzene rings is 1. The summed E-state index contributed by atoms with van der Waals surface area (Å²) in [5, 5.41) is 2.53. The molecule has 0 aromatic heterocycles. The predicted molar refractivity (Wildman–Crippen MR) is 170 cm³/mol. The highest BCUT2D eigenvalue weighted by Crippen LogP contribution is 2.67. The van der Waals surface area contributed by atoms with E-state index in [1.165, 1.54) is 19.3 Å². The van der Waals surface area contributed by atoms with Gasteiger partial charge in [0.15, 0.2) is 0 Å². The lowest BCUT2D eigenvalue weighted by Gasteiger charge is -2.61. The number of Topliss-reactive ketones (excluding diaryl/α,β-unsaturated/α-hetero) is 1. The van der Waals surface area contributed by atoms with Crippen molar-refractivity contribution in [1.82, 2.24) is 5.32 Å². The van der Waals surface area contributed by atoms with E-state index in [0.29, 0.717) is 29.5 Å². The molecular weight excluding hydrogens is 570 g/mol. The molecule has 0 radical (unpaired) electrons. The van der Waals surface area contributed by atoms with Gasteiger partial charge in [-0.2, -0.15) is 0 Å². The normalized spacial score (nSPS) is 34.7. The van der Waals surface area contributed by atoms with Crippen molar-refractivity contribution < 1.29 is 33.4 Å². The highest BCUT2D eigenvalue weighted by atomic mass is 16.6. The second kappa shape index (κ2) is 13.1. The average Bonchev–Trinajstić information content (AvgIpc) is 3.33. The van der Waals surface area contributed by atoms with Gasteiger partial charge in [0, 0.05) is 5.92 Å². The fourth-order valence-corrected chi connectivity index (χ4v) is 9.87. The fourth-order valence-electron chi connectivity index (χ4n) is 9.87. The summed E-state index contributed by atoms with van der Waals surface area (Å²) in [7, 11) is 0. The van der Waals surface area contributed by atoms with Gasteiger partial charge in [-0.15, -0.1) is 0 Å². The first-order valence-corrected chi connectivity index (χ1v) is 17.1. The number of rotatable bonds is 8. The van der Waals surface area contributed by atoms with Crippen LogP contribution in [0.2, 0.25) is 0 Å². The number of ether oxygens (including phenoxy) is 3. The Bertz CT molecular complexity index is 1260. The van der Waals surface area contributed by atoms with Crippen LogP contribution < -0.4 is 5.32 Å². The highest BCUT2D eigenvalue weighted by Gasteiger charge is 2.61. The van der Waals surface area contributed by atoms with Gasteiger partial charge in [-0.05, 0) is 126 Å². The fraction of sp³-hybridized carbons (Fsp3) is 0.730. The van der Waals surface area contributed by atoms with Crippen molar-refractivity contribution in [2.24, 2.45) is 40.4 Å². The van der Waals surface area contributed by atoms with Crippen molar-refractivity contribution in [3.63, 3.8) is 0 Å². The second-order valence-electron chi connectivity index (χ2n) is 15.8. The Kier molecular flexibility index (Phi) is 9.72. The number of carbonyl (C=O) groups is 4. The molecule has 4 aliphatic rings. The molecule has 0 unspecified atom stereocenters. The Balaban J connectivity index is 1.19. The van der Waals surface area contributed by atoms with E-state index in [9.17, 15) is 19.2 Å². The van der Waals surface area contributed by atoms with Gasteiger partial charge in [0.2, 0.25) is 0 Å². The van der Waals surface area contributed by atoms with Crippen LogP contribution in [0.4, 0.5) is 4.79 Å². The molecule has 1 N–H and O–H groups in total. The summed E-state index contributed by atoms with van der Waals surface area (Å²) in [5.41, 5.74) is 0.401. The molecule has 8 heteroatoms. The summed E-state index contributed by atoms with van der Waals surface area (Å²) in [5.74, 6) is 1.79. The van der Waals surface area contributed by atoms with Gasteiger partial charge in [-0.1, -0.05) is 44.2 Å². The molecule has 4 fully saturated rings. The van der Waals surface area contributed by atoms with E-state index < -0.39 is 29.7 Å². The Morgan fingerprint density at radius 2 is 1.60 bits per heavy atom. The van der Waals surface area contributed by atoms with E-state index in [1.807, 2.05) is 30.3 Å². The van der Waals surface area contributed by atoms with E-state index in [0.717, 1.165) is 44.1 Å². The van der Waals surface area contributed by atoms with Gasteiger partial charge in [-0.25, -0.2) is 9.59 Å². The maximum atomic E-state index is 13.2. The summed E-state index contributed by atoms with van der Waals surface area (Å²) < 4.78 is 16.8. The minimum absolute atomic E-state index is 0.0294. The standard InChI is InChI=1S/C37H53NO7/c1-23(39)28-14-15-29-27-13-12-25-20-26(16-18-36(25,5)30(27)17-19-37(28,29)6)44-32(40)21-31(38-34(42)45-35(2,3)4)33(41)43-22-24-10-8-7-9-11-24/h7-11,25-31H,12-22H2,1-6H3,(H,38,42)/t25-,26-,27+,28-,29+,30+,31+,36+,37-/m1/s1. The van der Waals surface area contributed by atoms with Crippen molar-refractivity contribution >= 4 is 23.8 Å². The van der Waals surface area contributed by atoms with Crippen LogP contribution in [-0.2, 0) is 35.2 Å². The number of fused-ring (bicyclic) bond motifs is 5. The molecule has 0 saturated heterocycles. The molecular formula is C37H53NO7. The predicted octanol–water partition coefficient (Wildman–Crippen LogP) is 7.17. The zero-order chi connectivity index (χ0) is 32.6. The van der Waals surface area contributed by atoms with Gasteiger partial charge in [0.05, 0.1) is 6.42 Å². The molecule has 1 aromatic rings. The van der Waals surface area contributed by atoms with Crippen LogP contribution in [0, 0.1) is 40.4 Å². The Morgan fingerprint density at radius 3 is 2.29 bits per heavy atom. The van der Waals surface area contributed by atoms with Gasteiger partial charge in [-0.3, -0.25) is 9.59 Å². The number of hydrogen-bond donors (Lipinski definition) is 1. The molecule has 8 nitrogen and oxygen atoms in total. The molecule has 248 valence electrons. The smallest absolute Gasteiger partial charge is 0.408 e. The first kappa shape index (κ1) is 33.5. The Morgan fingerprint density at radius 1 is 0.911 bits per heavy atom. The van der Waals surface area contributed by atoms with Gasteiger partial charge in [0.1, 0.15) is 30.1 Å². The summed E-state index contributed by atoms with van der Waals surface area (Å²) in [6.45, 7) is 11.9. The van der Waals surface area contributed by atoms with Gasteiger partial charge >= 0.3 is 18.0 Å². The van der Waals surface area contributed by atoms with Crippen LogP contribution in [0.5, 0.6) is 0 Å². The summed E-state index contributed by atoms with van der Waals surface area (Å²) in [6, 6.07) is 8.03. The summed E-state index contributed by atoms with van der Waals surface area (Å²) >= 11 is 0. The van der Waals surface area contributed by atoms with Crippen LogP contribution in [0.1, 0.15) is 111 Å². The van der Waals surface area contributed by atoms with E-state index in [4.69, 9.17) is 14.2 Å². The van der Waals surface area contributed by atoms with E-state index in [1.54, 1.807) is 27.7 Å². The van der Waals surface area contributed by atoms with Crippen molar-refractivity contribution in [3.05, 3.63) is 35.9 Å². The second-order valence-corrected chi connectivity index (χ2v) is 15.8. The molecule has 5 rings (SSSR count). The van der Waals surface area contributed by atoms with Gasteiger partial charge in [0.25, 0.3) is 0 Å². The topological polar surface area (TPSA) is 108 Å². The first-order valence-electron chi connectivity index (χ1n) is 17.1. The summed E-state index contributed by atoms with van der Waals surface area (Å²) in [4.78, 5) is 51.3. The molecule has 4 saturated carbocycles. The third-order valence-corrected chi connectivity index (χ3v) is 12.0. The lowest BCUT2D eigenvalue weighted by Crippen LogP contribution is -2.54. The van der Waals surface area contributed by atoms with Crippen molar-refractivity contribution in [2.75, 3.05) is 0 Å². The minimum atomic E-state index is -1.22. The lowest BCUT2D eigenvalue weighted by molar-refractivity contribution is -0.165. The van der Waals surface area contributed by atoms with E-state index in [2.05, 4.69) is 19.2 Å². The molecule has 0 aliphatic heterocycles. The lowest BCUT2D eigenvalue weighted by atomic mass is 9.44. The Labute approximate surface area is 268 Å². The molecule has 4 aliphatic carbocycles. The zero-order valence-electron chi connectivity index (χ0n) is 28.1. The molecule has 0 heterocycles. The maximum Gasteiger partial charge on any atom is 0.408 e. The van der Waals surface area contributed by atoms with Crippen LogP contribution in [0.3, 0.4) is 0 Å². The van der Waals surface area contributed by atoms with Gasteiger partial charge < -0.3 is 19.5 Å². The molecule has 0 bridgehead atoms. The maximum absolute atomic E-state index is 13.2. The molecule has 1 amide bonds. The van der Waals surface area contributed by atoms with E-state index >= 15 is 0 Å². The first-order chi connectivity index (χ1) is 21.2. The number of carbonyl (C=O) groups excluding carboxylic acids is 4.